The predicted octanol–water partition coefficient (Wildman–Crippen LogP) is 2.30. The van der Waals surface area contributed by atoms with Gasteiger partial charge in [-0.2, -0.15) is 11.8 Å². The van der Waals surface area contributed by atoms with Gasteiger partial charge in [-0.05, 0) is 25.1 Å². The molecule has 1 aromatic rings. The van der Waals surface area contributed by atoms with Crippen LogP contribution in [0.2, 0.25) is 0 Å². The number of thioether (sulfide) groups is 1. The van der Waals surface area contributed by atoms with Gasteiger partial charge in [-0.15, -0.1) is 0 Å². The van der Waals surface area contributed by atoms with Crippen molar-refractivity contribution in [2.75, 3.05) is 19.0 Å². The first-order valence-corrected chi connectivity index (χ1v) is 7.80. The minimum absolute atomic E-state index is 0.0852. The van der Waals surface area contributed by atoms with E-state index in [1.807, 2.05) is 31.2 Å². The molecule has 1 aromatic carbocycles. The van der Waals surface area contributed by atoms with Crippen molar-refractivity contribution in [3.05, 3.63) is 29.8 Å². The van der Waals surface area contributed by atoms with Gasteiger partial charge in [0.2, 0.25) is 0 Å². The zero-order valence-corrected chi connectivity index (χ0v) is 12.8. The molecular formula is C16H22O3S. The maximum atomic E-state index is 9.38. The molecule has 2 N–H and O–H groups in total. The summed E-state index contributed by atoms with van der Waals surface area (Å²) in [6, 6.07) is 7.62. The minimum atomic E-state index is -0.301. The molecule has 20 heavy (non-hydrogen) atoms. The van der Waals surface area contributed by atoms with E-state index in [2.05, 4.69) is 11.8 Å². The van der Waals surface area contributed by atoms with Crippen molar-refractivity contribution >= 4 is 11.8 Å². The van der Waals surface area contributed by atoms with Gasteiger partial charge in [-0.25, -0.2) is 0 Å². The fraction of sp³-hybridized carbons (Fsp3) is 0.500. The molecule has 0 aliphatic rings. The zero-order chi connectivity index (χ0) is 14.8. The second-order valence-electron chi connectivity index (χ2n) is 4.47. The van der Waals surface area contributed by atoms with E-state index >= 15 is 0 Å². The summed E-state index contributed by atoms with van der Waals surface area (Å²) in [5, 5.41) is 18.3. The Bertz CT molecular complexity index is 449. The molecule has 0 fully saturated rings. The van der Waals surface area contributed by atoms with Crippen LogP contribution in [-0.2, 0) is 0 Å². The highest BCUT2D eigenvalue weighted by atomic mass is 32.2. The molecule has 0 saturated carbocycles. The van der Waals surface area contributed by atoms with Gasteiger partial charge in [-0.3, -0.25) is 0 Å². The lowest BCUT2D eigenvalue weighted by molar-refractivity contribution is 0.196. The van der Waals surface area contributed by atoms with E-state index in [0.29, 0.717) is 13.0 Å². The number of rotatable bonds is 7. The topological polar surface area (TPSA) is 49.7 Å². The Morgan fingerprint density at radius 3 is 2.85 bits per heavy atom. The second kappa shape index (κ2) is 9.71. The van der Waals surface area contributed by atoms with Gasteiger partial charge in [0, 0.05) is 23.0 Å². The summed E-state index contributed by atoms with van der Waals surface area (Å²) in [5.41, 5.74) is 0.890. The van der Waals surface area contributed by atoms with Gasteiger partial charge < -0.3 is 14.9 Å². The molecular weight excluding hydrogens is 272 g/mol. The number of ether oxygens (including phenoxy) is 1. The zero-order valence-electron chi connectivity index (χ0n) is 12.0. The van der Waals surface area contributed by atoms with Crippen molar-refractivity contribution in [1.29, 1.82) is 0 Å². The third kappa shape index (κ3) is 6.85. The highest BCUT2D eigenvalue weighted by Crippen LogP contribution is 2.16. The van der Waals surface area contributed by atoms with Crippen LogP contribution in [0.4, 0.5) is 0 Å². The summed E-state index contributed by atoms with van der Waals surface area (Å²) >= 11 is 1.69. The van der Waals surface area contributed by atoms with Gasteiger partial charge in [-0.1, -0.05) is 24.8 Å². The highest BCUT2D eigenvalue weighted by molar-refractivity contribution is 7.99. The predicted molar refractivity (Wildman–Crippen MR) is 84.1 cm³/mol. The third-order valence-corrected chi connectivity index (χ3v) is 4.04. The van der Waals surface area contributed by atoms with Crippen molar-refractivity contribution in [2.45, 2.75) is 31.6 Å². The first kappa shape index (κ1) is 16.9. The monoisotopic (exact) mass is 294 g/mol. The molecule has 3 nitrogen and oxygen atoms in total. The van der Waals surface area contributed by atoms with Gasteiger partial charge in [0.25, 0.3) is 0 Å². The van der Waals surface area contributed by atoms with E-state index in [1.165, 1.54) is 0 Å². The number of hydrogen-bond donors (Lipinski definition) is 2. The van der Waals surface area contributed by atoms with E-state index < -0.39 is 0 Å². The minimum Gasteiger partial charge on any atom is -0.493 e. The number of aliphatic hydroxyl groups excluding tert-OH is 2. The lowest BCUT2D eigenvalue weighted by atomic mass is 10.2. The second-order valence-corrected chi connectivity index (χ2v) is 5.95. The van der Waals surface area contributed by atoms with Gasteiger partial charge >= 0.3 is 0 Å². The van der Waals surface area contributed by atoms with E-state index in [1.54, 1.807) is 18.7 Å². The lowest BCUT2D eigenvalue weighted by Gasteiger charge is -2.14. The first-order chi connectivity index (χ1) is 9.63. The Kier molecular flexibility index (Phi) is 8.20. The largest absolute Gasteiger partial charge is 0.493 e. The molecule has 2 unspecified atom stereocenters. The number of hydrogen-bond acceptors (Lipinski definition) is 4. The average Bonchev–Trinajstić information content (AvgIpc) is 2.44. The van der Waals surface area contributed by atoms with E-state index in [0.717, 1.165) is 17.1 Å². The van der Waals surface area contributed by atoms with Gasteiger partial charge in [0.1, 0.15) is 5.75 Å². The molecule has 1 rings (SSSR count). The molecule has 0 heterocycles. The molecule has 0 spiro atoms. The summed E-state index contributed by atoms with van der Waals surface area (Å²) in [5.74, 6) is 7.50. The van der Waals surface area contributed by atoms with Crippen LogP contribution >= 0.6 is 11.8 Å². The molecule has 0 saturated heterocycles. The highest BCUT2D eigenvalue weighted by Gasteiger charge is 2.08. The van der Waals surface area contributed by atoms with Crippen LogP contribution in [-0.4, -0.2) is 40.5 Å². The SMILES string of the molecule is CC(O)C(C)SCCOc1cccc(C#CCCO)c1. The Hall–Kier alpha value is -1.15. The lowest BCUT2D eigenvalue weighted by Crippen LogP contribution is -2.17. The fourth-order valence-corrected chi connectivity index (χ4v) is 2.25. The van der Waals surface area contributed by atoms with Crippen LogP contribution in [0.25, 0.3) is 0 Å². The summed E-state index contributed by atoms with van der Waals surface area (Å²) in [4.78, 5) is 0. The van der Waals surface area contributed by atoms with Crippen LogP contribution in [0.3, 0.4) is 0 Å². The van der Waals surface area contributed by atoms with E-state index in [-0.39, 0.29) is 18.0 Å². The maximum Gasteiger partial charge on any atom is 0.120 e. The number of benzene rings is 1. The molecule has 110 valence electrons. The van der Waals surface area contributed by atoms with Crippen LogP contribution < -0.4 is 4.74 Å². The molecule has 0 bridgehead atoms. The van der Waals surface area contributed by atoms with E-state index in [9.17, 15) is 5.11 Å². The Morgan fingerprint density at radius 1 is 1.35 bits per heavy atom. The molecule has 0 aliphatic heterocycles. The maximum absolute atomic E-state index is 9.38. The molecule has 0 aromatic heterocycles. The van der Waals surface area contributed by atoms with Gasteiger partial charge in [0.15, 0.2) is 0 Å². The van der Waals surface area contributed by atoms with Crippen LogP contribution in [0.15, 0.2) is 24.3 Å². The van der Waals surface area contributed by atoms with Gasteiger partial charge in [0.05, 0.1) is 19.3 Å². The van der Waals surface area contributed by atoms with Crippen molar-refractivity contribution < 1.29 is 14.9 Å². The molecule has 4 heteroatoms. The van der Waals surface area contributed by atoms with Crippen molar-refractivity contribution in [3.8, 4) is 17.6 Å². The van der Waals surface area contributed by atoms with Crippen LogP contribution in [0, 0.1) is 11.8 Å². The Balaban J connectivity index is 2.37. The van der Waals surface area contributed by atoms with Crippen molar-refractivity contribution in [2.24, 2.45) is 0 Å². The first-order valence-electron chi connectivity index (χ1n) is 6.75. The normalized spacial score (nSPS) is 13.2. The van der Waals surface area contributed by atoms with E-state index in [4.69, 9.17) is 9.84 Å². The third-order valence-electron chi connectivity index (χ3n) is 2.72. The molecule has 0 amide bonds. The quantitative estimate of drug-likeness (QED) is 0.598. The summed E-state index contributed by atoms with van der Waals surface area (Å²) < 4.78 is 5.66. The summed E-state index contributed by atoms with van der Waals surface area (Å²) in [6.07, 6.45) is 0.184. The smallest absolute Gasteiger partial charge is 0.120 e. The number of aliphatic hydroxyl groups is 2. The Morgan fingerprint density at radius 2 is 2.15 bits per heavy atom. The summed E-state index contributed by atoms with van der Waals surface area (Å²) in [6.45, 7) is 4.50. The fourth-order valence-electron chi connectivity index (χ4n) is 1.42. The molecule has 0 aliphatic carbocycles. The van der Waals surface area contributed by atoms with Crippen LogP contribution in [0.5, 0.6) is 5.75 Å². The summed E-state index contributed by atoms with van der Waals surface area (Å²) in [7, 11) is 0. The average molecular weight is 294 g/mol. The Labute approximate surface area is 125 Å². The standard InChI is InChI=1S/C16H22O3S/c1-13(18)14(2)20-11-10-19-16-8-5-7-15(12-16)6-3-4-9-17/h5,7-8,12-14,17-18H,4,9-11H2,1-2H3. The van der Waals surface area contributed by atoms with Crippen molar-refractivity contribution in [3.63, 3.8) is 0 Å². The van der Waals surface area contributed by atoms with Crippen LogP contribution in [0.1, 0.15) is 25.8 Å². The molecule has 2 atom stereocenters. The molecule has 0 radical (unpaired) electrons. The van der Waals surface area contributed by atoms with Crippen molar-refractivity contribution in [1.82, 2.24) is 0 Å².